The van der Waals surface area contributed by atoms with Crippen molar-refractivity contribution >= 4 is 38.5 Å². The molecule has 1 fully saturated rings. The number of aromatic amines is 1. The number of rotatable bonds is 4. The van der Waals surface area contributed by atoms with E-state index in [0.29, 0.717) is 0 Å². The van der Waals surface area contributed by atoms with E-state index in [1.165, 1.54) is 10.8 Å². The second-order valence-electron chi connectivity index (χ2n) is 7.22. The Balaban J connectivity index is 1.49. The lowest BCUT2D eigenvalue weighted by Crippen LogP contribution is -2.45. The molecular formula is C20H23N7. The highest BCUT2D eigenvalue weighted by atomic mass is 15.2. The average Bonchev–Trinajstić information content (AvgIpc) is 3.10. The van der Waals surface area contributed by atoms with Crippen molar-refractivity contribution in [2.45, 2.75) is 0 Å². The molecule has 0 saturated carbocycles. The molecule has 1 saturated heterocycles. The van der Waals surface area contributed by atoms with Crippen LogP contribution in [-0.4, -0.2) is 76.1 Å². The molecule has 7 nitrogen and oxygen atoms in total. The highest BCUT2D eigenvalue weighted by Crippen LogP contribution is 2.34. The van der Waals surface area contributed by atoms with Crippen molar-refractivity contribution in [1.29, 1.82) is 0 Å². The molecule has 0 amide bonds. The molecule has 5 heterocycles. The largest absolute Gasteiger partial charge is 0.367 e. The van der Waals surface area contributed by atoms with Crippen molar-refractivity contribution < 1.29 is 0 Å². The Kier molecular flexibility index (Phi) is 4.10. The molecule has 1 aliphatic heterocycles. The smallest absolute Gasteiger partial charge is 0.151 e. The van der Waals surface area contributed by atoms with Crippen molar-refractivity contribution in [2.75, 3.05) is 51.6 Å². The summed E-state index contributed by atoms with van der Waals surface area (Å²) in [6.45, 7) is 6.41. The molecule has 0 spiro atoms. The third-order valence-electron chi connectivity index (χ3n) is 5.45. The summed E-state index contributed by atoms with van der Waals surface area (Å²) in [4.78, 5) is 21.7. The fourth-order valence-electron chi connectivity index (χ4n) is 3.90. The van der Waals surface area contributed by atoms with Crippen molar-refractivity contribution in [3.63, 3.8) is 0 Å². The summed E-state index contributed by atoms with van der Waals surface area (Å²) in [5.74, 6) is 0.885. The van der Waals surface area contributed by atoms with Gasteiger partial charge in [-0.1, -0.05) is 0 Å². The van der Waals surface area contributed by atoms with Crippen LogP contribution in [0.4, 0.5) is 5.82 Å². The Hall–Kier alpha value is -2.77. The first-order valence-corrected chi connectivity index (χ1v) is 9.43. The molecule has 0 radical (unpaired) electrons. The number of likely N-dealkylation sites (N-methyl/N-ethyl adjacent to an activating group) is 1. The minimum absolute atomic E-state index is 0.866. The van der Waals surface area contributed by atoms with Gasteiger partial charge in [0.05, 0.1) is 28.9 Å². The lowest BCUT2D eigenvalue weighted by molar-refractivity contribution is 0.158. The highest BCUT2D eigenvalue weighted by Gasteiger charge is 2.16. The maximum absolute atomic E-state index is 4.84. The Morgan fingerprint density at radius 2 is 1.81 bits per heavy atom. The van der Waals surface area contributed by atoms with Crippen LogP contribution < -0.4 is 5.32 Å². The second kappa shape index (κ2) is 6.75. The number of nitrogens with one attached hydrogen (secondary N) is 2. The predicted octanol–water partition coefficient (Wildman–Crippen LogP) is 2.32. The summed E-state index contributed by atoms with van der Waals surface area (Å²) in [7, 11) is 2.18. The minimum atomic E-state index is 0.866. The zero-order valence-corrected chi connectivity index (χ0v) is 15.4. The van der Waals surface area contributed by atoms with Gasteiger partial charge in [-0.3, -0.25) is 14.9 Å². The molecule has 7 heteroatoms. The molecule has 5 rings (SSSR count). The molecule has 138 valence electrons. The first-order chi connectivity index (χ1) is 13.3. The van der Waals surface area contributed by atoms with E-state index in [-0.39, 0.29) is 0 Å². The van der Waals surface area contributed by atoms with Crippen LogP contribution in [0.2, 0.25) is 0 Å². The van der Waals surface area contributed by atoms with Crippen molar-refractivity contribution in [1.82, 2.24) is 29.7 Å². The topological polar surface area (TPSA) is 73.0 Å². The molecule has 27 heavy (non-hydrogen) atoms. The maximum Gasteiger partial charge on any atom is 0.151 e. The van der Waals surface area contributed by atoms with Crippen LogP contribution in [0.1, 0.15) is 0 Å². The van der Waals surface area contributed by atoms with Crippen LogP contribution in [0.5, 0.6) is 0 Å². The Morgan fingerprint density at radius 3 is 2.67 bits per heavy atom. The highest BCUT2D eigenvalue weighted by molar-refractivity contribution is 6.21. The lowest BCUT2D eigenvalue weighted by Gasteiger charge is -2.32. The Labute approximate surface area is 157 Å². The van der Waals surface area contributed by atoms with E-state index in [1.54, 1.807) is 0 Å². The molecule has 0 unspecified atom stereocenters. The molecule has 2 N–H and O–H groups in total. The number of pyridine rings is 3. The molecule has 0 aromatic carbocycles. The van der Waals surface area contributed by atoms with Gasteiger partial charge in [-0.25, -0.2) is 4.98 Å². The van der Waals surface area contributed by atoms with Crippen molar-refractivity contribution in [3.05, 3.63) is 36.9 Å². The molecule has 1 aliphatic rings. The number of anilines is 1. The first kappa shape index (κ1) is 16.4. The number of fused-ring (bicyclic) bond motifs is 5. The van der Waals surface area contributed by atoms with Gasteiger partial charge in [0.15, 0.2) is 5.82 Å². The third kappa shape index (κ3) is 2.98. The number of H-pyrrole nitrogens is 1. The standard InChI is InChI=1S/C20H23N7/c1-26-8-10-27(11-9-26)7-6-23-20-19-18(14-2-4-21-12-16(14)24-19)15-3-5-22-13-17(15)25-20/h2-5,12-13,24H,6-11H2,1H3,(H,23,25). The first-order valence-electron chi connectivity index (χ1n) is 9.43. The molecular weight excluding hydrogens is 338 g/mol. The molecule has 0 bridgehead atoms. The van der Waals surface area contributed by atoms with Gasteiger partial charge in [0.2, 0.25) is 0 Å². The van der Waals surface area contributed by atoms with Crippen molar-refractivity contribution in [3.8, 4) is 0 Å². The zero-order valence-electron chi connectivity index (χ0n) is 15.4. The van der Waals surface area contributed by atoms with Crippen LogP contribution in [0, 0.1) is 0 Å². The number of aromatic nitrogens is 4. The Bertz CT molecular complexity index is 1100. The van der Waals surface area contributed by atoms with E-state index in [0.717, 1.165) is 67.0 Å². The zero-order chi connectivity index (χ0) is 18.2. The van der Waals surface area contributed by atoms with E-state index >= 15 is 0 Å². The third-order valence-corrected chi connectivity index (χ3v) is 5.45. The quantitative estimate of drug-likeness (QED) is 0.581. The van der Waals surface area contributed by atoms with Gasteiger partial charge >= 0.3 is 0 Å². The lowest BCUT2D eigenvalue weighted by atomic mass is 10.1. The number of hydrogen-bond acceptors (Lipinski definition) is 6. The molecule has 4 aromatic rings. The van der Waals surface area contributed by atoms with E-state index < -0.39 is 0 Å². The van der Waals surface area contributed by atoms with E-state index in [2.05, 4.69) is 43.2 Å². The normalized spacial score (nSPS) is 16.5. The van der Waals surface area contributed by atoms with E-state index in [9.17, 15) is 0 Å². The molecule has 0 aliphatic carbocycles. The fraction of sp³-hybridized carbons (Fsp3) is 0.350. The van der Waals surface area contributed by atoms with Crippen LogP contribution in [-0.2, 0) is 0 Å². The maximum atomic E-state index is 4.84. The van der Waals surface area contributed by atoms with Gasteiger partial charge in [-0.05, 0) is 19.2 Å². The summed E-state index contributed by atoms with van der Waals surface area (Å²) >= 11 is 0. The minimum Gasteiger partial charge on any atom is -0.367 e. The summed E-state index contributed by atoms with van der Waals surface area (Å²) < 4.78 is 0. The molecule has 0 atom stereocenters. The van der Waals surface area contributed by atoms with Crippen molar-refractivity contribution in [2.24, 2.45) is 0 Å². The van der Waals surface area contributed by atoms with Gasteiger partial charge in [-0.2, -0.15) is 0 Å². The van der Waals surface area contributed by atoms with Crippen LogP contribution in [0.3, 0.4) is 0 Å². The SMILES string of the molecule is CN1CCN(CCNc2nc3cnccc3c3c2[nH]c2cnccc23)CC1. The number of piperazine rings is 1. The summed E-state index contributed by atoms with van der Waals surface area (Å²) in [5.41, 5.74) is 2.97. The average molecular weight is 361 g/mol. The van der Waals surface area contributed by atoms with Crippen LogP contribution >= 0.6 is 0 Å². The number of hydrogen-bond donors (Lipinski definition) is 2. The van der Waals surface area contributed by atoms with Crippen LogP contribution in [0.25, 0.3) is 32.7 Å². The second-order valence-corrected chi connectivity index (χ2v) is 7.22. The van der Waals surface area contributed by atoms with Crippen LogP contribution in [0.15, 0.2) is 36.9 Å². The monoisotopic (exact) mass is 361 g/mol. The summed E-state index contributed by atoms with van der Waals surface area (Å²) in [6, 6.07) is 4.09. The molecule has 4 aromatic heterocycles. The van der Waals surface area contributed by atoms with Gasteiger partial charge < -0.3 is 15.2 Å². The van der Waals surface area contributed by atoms with Gasteiger partial charge in [0.25, 0.3) is 0 Å². The fourth-order valence-corrected chi connectivity index (χ4v) is 3.90. The van der Waals surface area contributed by atoms with Gasteiger partial charge in [0.1, 0.15) is 0 Å². The summed E-state index contributed by atoms with van der Waals surface area (Å²) in [5, 5.41) is 7.02. The van der Waals surface area contributed by atoms with Gasteiger partial charge in [0, 0.05) is 67.8 Å². The Morgan fingerprint density at radius 1 is 1.04 bits per heavy atom. The van der Waals surface area contributed by atoms with E-state index in [4.69, 9.17) is 4.98 Å². The van der Waals surface area contributed by atoms with E-state index in [1.807, 2.05) is 30.9 Å². The van der Waals surface area contributed by atoms with Gasteiger partial charge in [-0.15, -0.1) is 0 Å². The summed E-state index contributed by atoms with van der Waals surface area (Å²) in [6.07, 6.45) is 7.37. The number of nitrogens with zero attached hydrogens (tertiary/aromatic N) is 5. The predicted molar refractivity (Wildman–Crippen MR) is 109 cm³/mol.